The molecule has 21 heavy (non-hydrogen) atoms. The van der Waals surface area contributed by atoms with Gasteiger partial charge in [-0.3, -0.25) is 0 Å². The van der Waals surface area contributed by atoms with Crippen molar-refractivity contribution in [2.45, 2.75) is 25.1 Å². The summed E-state index contributed by atoms with van der Waals surface area (Å²) in [4.78, 5) is 2.01. The zero-order valence-corrected chi connectivity index (χ0v) is 11.9. The summed E-state index contributed by atoms with van der Waals surface area (Å²) < 4.78 is 42.4. The van der Waals surface area contributed by atoms with Crippen LogP contribution in [0.25, 0.3) is 0 Å². The van der Waals surface area contributed by atoms with E-state index in [9.17, 15) is 13.2 Å². The van der Waals surface area contributed by atoms with Crippen LogP contribution in [0.1, 0.15) is 18.5 Å². The lowest BCUT2D eigenvalue weighted by molar-refractivity contribution is -0.141. The minimum atomic E-state index is -4.45. The number of nitrogens with one attached hydrogen (secondary N) is 1. The SMILES string of the molecule is COCCNCC1CCCN1c1ccc(C(F)(F)F)nn1. The molecule has 1 aliphatic heterocycles. The fraction of sp³-hybridized carbons (Fsp3) is 0.692. The molecule has 1 N–H and O–H groups in total. The molecule has 1 saturated heterocycles. The minimum absolute atomic E-state index is 0.230. The first-order chi connectivity index (χ1) is 10.0. The molecule has 1 aromatic heterocycles. The Morgan fingerprint density at radius 3 is 2.81 bits per heavy atom. The molecule has 0 spiro atoms. The van der Waals surface area contributed by atoms with Crippen LogP contribution < -0.4 is 10.2 Å². The van der Waals surface area contributed by atoms with Gasteiger partial charge in [-0.05, 0) is 25.0 Å². The van der Waals surface area contributed by atoms with Gasteiger partial charge in [-0.25, -0.2) is 0 Å². The molecule has 2 rings (SSSR count). The molecule has 0 radical (unpaired) electrons. The number of anilines is 1. The largest absolute Gasteiger partial charge is 0.435 e. The third-order valence-corrected chi connectivity index (χ3v) is 3.48. The first-order valence-electron chi connectivity index (χ1n) is 6.89. The number of rotatable bonds is 6. The van der Waals surface area contributed by atoms with Gasteiger partial charge in [0.2, 0.25) is 0 Å². The molecule has 0 aliphatic carbocycles. The summed E-state index contributed by atoms with van der Waals surface area (Å²) in [6.45, 7) is 2.93. The lowest BCUT2D eigenvalue weighted by atomic mass is 10.2. The van der Waals surface area contributed by atoms with E-state index in [0.29, 0.717) is 12.4 Å². The zero-order valence-electron chi connectivity index (χ0n) is 11.9. The number of hydrogen-bond donors (Lipinski definition) is 1. The zero-order chi connectivity index (χ0) is 15.3. The van der Waals surface area contributed by atoms with Crippen molar-refractivity contribution in [2.24, 2.45) is 0 Å². The Balaban J connectivity index is 1.96. The van der Waals surface area contributed by atoms with E-state index in [-0.39, 0.29) is 6.04 Å². The second-order valence-electron chi connectivity index (χ2n) is 4.96. The standard InChI is InChI=1S/C13H19F3N4O/c1-21-8-6-17-9-10-3-2-7-20(10)12-5-4-11(18-19-12)13(14,15)16/h4-5,10,17H,2-3,6-9H2,1H3. The second kappa shape index (κ2) is 7.04. The second-order valence-corrected chi connectivity index (χ2v) is 4.96. The Labute approximate surface area is 121 Å². The van der Waals surface area contributed by atoms with Crippen molar-refractivity contribution in [3.63, 3.8) is 0 Å². The Kier molecular flexibility index (Phi) is 5.35. The van der Waals surface area contributed by atoms with Gasteiger partial charge in [-0.15, -0.1) is 10.2 Å². The highest BCUT2D eigenvalue weighted by molar-refractivity contribution is 5.40. The average molecular weight is 304 g/mol. The maximum Gasteiger partial charge on any atom is 0.435 e. The highest BCUT2D eigenvalue weighted by atomic mass is 19.4. The van der Waals surface area contributed by atoms with E-state index in [4.69, 9.17) is 4.74 Å². The van der Waals surface area contributed by atoms with Crippen molar-refractivity contribution in [3.05, 3.63) is 17.8 Å². The minimum Gasteiger partial charge on any atom is -0.383 e. The number of alkyl halides is 3. The molecule has 1 unspecified atom stereocenters. The third kappa shape index (κ3) is 4.28. The van der Waals surface area contributed by atoms with Crippen LogP contribution in [0.3, 0.4) is 0 Å². The molecule has 1 aliphatic rings. The number of hydrogen-bond acceptors (Lipinski definition) is 5. The summed E-state index contributed by atoms with van der Waals surface area (Å²) in [5.74, 6) is 0.499. The van der Waals surface area contributed by atoms with Gasteiger partial charge >= 0.3 is 6.18 Å². The van der Waals surface area contributed by atoms with Gasteiger partial charge in [0.1, 0.15) is 0 Å². The number of halogens is 3. The van der Waals surface area contributed by atoms with Crippen LogP contribution in [0.2, 0.25) is 0 Å². The maximum atomic E-state index is 12.5. The number of methoxy groups -OCH3 is 1. The molecule has 1 aromatic rings. The quantitative estimate of drug-likeness (QED) is 0.811. The smallest absolute Gasteiger partial charge is 0.383 e. The van der Waals surface area contributed by atoms with E-state index >= 15 is 0 Å². The molecule has 1 atom stereocenters. The van der Waals surface area contributed by atoms with E-state index in [1.165, 1.54) is 6.07 Å². The van der Waals surface area contributed by atoms with E-state index in [2.05, 4.69) is 15.5 Å². The van der Waals surface area contributed by atoms with Crippen molar-refractivity contribution in [3.8, 4) is 0 Å². The highest BCUT2D eigenvalue weighted by Crippen LogP contribution is 2.29. The summed E-state index contributed by atoms with van der Waals surface area (Å²) in [5, 5.41) is 10.3. The number of ether oxygens (including phenoxy) is 1. The van der Waals surface area contributed by atoms with Crippen LogP contribution in [0.5, 0.6) is 0 Å². The van der Waals surface area contributed by atoms with Crippen molar-refractivity contribution in [1.29, 1.82) is 0 Å². The highest BCUT2D eigenvalue weighted by Gasteiger charge is 2.33. The van der Waals surface area contributed by atoms with Crippen molar-refractivity contribution >= 4 is 5.82 Å². The fourth-order valence-electron chi connectivity index (χ4n) is 2.42. The predicted octanol–water partition coefficient (Wildman–Crippen LogP) is 1.70. The number of aromatic nitrogens is 2. The summed E-state index contributed by atoms with van der Waals surface area (Å²) in [7, 11) is 1.64. The summed E-state index contributed by atoms with van der Waals surface area (Å²) in [5.41, 5.74) is -0.958. The summed E-state index contributed by atoms with van der Waals surface area (Å²) in [6, 6.07) is 2.60. The van der Waals surface area contributed by atoms with Gasteiger partial charge in [0.15, 0.2) is 11.5 Å². The molecular weight excluding hydrogens is 285 g/mol. The molecule has 2 heterocycles. The topological polar surface area (TPSA) is 50.3 Å². The van der Waals surface area contributed by atoms with Crippen LogP contribution >= 0.6 is 0 Å². The van der Waals surface area contributed by atoms with Gasteiger partial charge in [0.05, 0.1) is 6.61 Å². The molecule has 0 saturated carbocycles. The Hall–Kier alpha value is -1.41. The third-order valence-electron chi connectivity index (χ3n) is 3.48. The van der Waals surface area contributed by atoms with Crippen LogP contribution in [0.15, 0.2) is 12.1 Å². The summed E-state index contributed by atoms with van der Waals surface area (Å²) >= 11 is 0. The van der Waals surface area contributed by atoms with Gasteiger partial charge in [-0.2, -0.15) is 13.2 Å². The first-order valence-corrected chi connectivity index (χ1v) is 6.89. The molecular formula is C13H19F3N4O. The van der Waals surface area contributed by atoms with Crippen LogP contribution in [0, 0.1) is 0 Å². The molecule has 1 fully saturated rings. The average Bonchev–Trinajstić information content (AvgIpc) is 2.91. The lowest BCUT2D eigenvalue weighted by Gasteiger charge is -2.25. The molecule has 8 heteroatoms. The Morgan fingerprint density at radius 1 is 1.38 bits per heavy atom. The van der Waals surface area contributed by atoms with E-state index in [1.54, 1.807) is 7.11 Å². The van der Waals surface area contributed by atoms with Crippen molar-refractivity contribution < 1.29 is 17.9 Å². The van der Waals surface area contributed by atoms with Crippen LogP contribution in [-0.2, 0) is 10.9 Å². The predicted molar refractivity (Wildman–Crippen MR) is 72.1 cm³/mol. The molecule has 0 bridgehead atoms. The van der Waals surface area contributed by atoms with E-state index in [0.717, 1.165) is 38.5 Å². The molecule has 5 nitrogen and oxygen atoms in total. The van der Waals surface area contributed by atoms with E-state index in [1.807, 2.05) is 4.90 Å². The number of nitrogens with zero attached hydrogens (tertiary/aromatic N) is 3. The Bertz CT molecular complexity index is 438. The molecule has 0 aromatic carbocycles. The van der Waals surface area contributed by atoms with Crippen molar-refractivity contribution in [2.75, 3.05) is 38.3 Å². The normalized spacial score (nSPS) is 19.2. The maximum absolute atomic E-state index is 12.5. The van der Waals surface area contributed by atoms with Gasteiger partial charge in [0.25, 0.3) is 0 Å². The van der Waals surface area contributed by atoms with Gasteiger partial charge in [-0.1, -0.05) is 0 Å². The Morgan fingerprint density at radius 2 is 2.19 bits per heavy atom. The first kappa shape index (κ1) is 16.0. The van der Waals surface area contributed by atoms with Crippen molar-refractivity contribution in [1.82, 2.24) is 15.5 Å². The lowest BCUT2D eigenvalue weighted by Crippen LogP contribution is -2.39. The molecule has 118 valence electrons. The van der Waals surface area contributed by atoms with E-state index < -0.39 is 11.9 Å². The van der Waals surface area contributed by atoms with Crippen LogP contribution in [0.4, 0.5) is 19.0 Å². The fourth-order valence-corrected chi connectivity index (χ4v) is 2.42. The summed E-state index contributed by atoms with van der Waals surface area (Å²) in [6.07, 6.45) is -2.46. The van der Waals surface area contributed by atoms with Gasteiger partial charge < -0.3 is 15.0 Å². The van der Waals surface area contributed by atoms with Gasteiger partial charge in [0, 0.05) is 32.8 Å². The van der Waals surface area contributed by atoms with Crippen LogP contribution in [-0.4, -0.2) is 49.6 Å². The monoisotopic (exact) mass is 304 g/mol. The molecule has 0 amide bonds.